The molecule has 0 unspecified atom stereocenters. The van der Waals surface area contributed by atoms with Gasteiger partial charge in [-0.3, -0.25) is 10.1 Å². The summed E-state index contributed by atoms with van der Waals surface area (Å²) >= 11 is 1.44. The van der Waals surface area contributed by atoms with Crippen LogP contribution in [0, 0.1) is 6.92 Å². The Balaban J connectivity index is 1.74. The largest absolute Gasteiger partial charge is 0.305 e. The Bertz CT molecular complexity index is 1030. The van der Waals surface area contributed by atoms with E-state index in [1.54, 1.807) is 0 Å². The summed E-state index contributed by atoms with van der Waals surface area (Å²) in [6, 6.07) is 20.1. The van der Waals surface area contributed by atoms with E-state index in [1.165, 1.54) is 11.3 Å². The molecule has 0 radical (unpaired) electrons. The molecule has 1 N–H and O–H groups in total. The van der Waals surface area contributed by atoms with Gasteiger partial charge in [-0.2, -0.15) is 0 Å². The second kappa shape index (κ2) is 6.53. The first-order valence-electron chi connectivity index (χ1n) is 8.07. The number of imidazole rings is 1. The first-order chi connectivity index (χ1) is 12.2. The van der Waals surface area contributed by atoms with Gasteiger partial charge in [0.2, 0.25) is 5.95 Å². The molecule has 2 heterocycles. The molecule has 0 aliphatic heterocycles. The Morgan fingerprint density at radius 3 is 2.60 bits per heavy atom. The molecule has 0 fully saturated rings. The Kier molecular flexibility index (Phi) is 4.07. The highest BCUT2D eigenvalue weighted by atomic mass is 32.1. The first-order valence-corrected chi connectivity index (χ1v) is 8.95. The highest BCUT2D eigenvalue weighted by Crippen LogP contribution is 2.23. The van der Waals surface area contributed by atoms with E-state index in [4.69, 9.17) is 0 Å². The van der Waals surface area contributed by atoms with Crippen LogP contribution in [-0.4, -0.2) is 15.5 Å². The number of thiophene rings is 1. The van der Waals surface area contributed by atoms with E-state index < -0.39 is 0 Å². The van der Waals surface area contributed by atoms with Crippen molar-refractivity contribution < 1.29 is 4.79 Å². The van der Waals surface area contributed by atoms with E-state index in [0.29, 0.717) is 12.5 Å². The summed E-state index contributed by atoms with van der Waals surface area (Å²) in [4.78, 5) is 18.0. The summed E-state index contributed by atoms with van der Waals surface area (Å²) < 4.78 is 2.05. The summed E-state index contributed by atoms with van der Waals surface area (Å²) in [6.45, 7) is 2.60. The zero-order valence-corrected chi connectivity index (χ0v) is 14.6. The second-order valence-corrected chi connectivity index (χ2v) is 6.80. The SMILES string of the molecule is Cc1ccsc1C(=O)Nc1nc2ccccc2n1Cc1ccccc1. The molecule has 0 aliphatic carbocycles. The van der Waals surface area contributed by atoms with Crippen molar-refractivity contribution in [2.75, 3.05) is 5.32 Å². The van der Waals surface area contributed by atoms with Gasteiger partial charge in [-0.05, 0) is 41.6 Å². The third kappa shape index (κ3) is 3.06. The Hall–Kier alpha value is -2.92. The minimum Gasteiger partial charge on any atom is -0.305 e. The van der Waals surface area contributed by atoms with Crippen LogP contribution in [0.1, 0.15) is 20.8 Å². The van der Waals surface area contributed by atoms with E-state index in [-0.39, 0.29) is 5.91 Å². The van der Waals surface area contributed by atoms with Gasteiger partial charge in [-0.25, -0.2) is 4.98 Å². The van der Waals surface area contributed by atoms with Crippen LogP contribution in [0.3, 0.4) is 0 Å². The molecule has 124 valence electrons. The number of hydrogen-bond donors (Lipinski definition) is 1. The van der Waals surface area contributed by atoms with Gasteiger partial charge in [0.05, 0.1) is 22.5 Å². The van der Waals surface area contributed by atoms with E-state index in [1.807, 2.05) is 65.4 Å². The molecule has 0 spiro atoms. The fourth-order valence-electron chi connectivity index (χ4n) is 2.86. The zero-order chi connectivity index (χ0) is 17.2. The van der Waals surface area contributed by atoms with E-state index >= 15 is 0 Å². The maximum atomic E-state index is 12.6. The number of para-hydroxylation sites is 2. The Morgan fingerprint density at radius 2 is 1.84 bits per heavy atom. The van der Waals surface area contributed by atoms with Gasteiger partial charge in [0.15, 0.2) is 0 Å². The van der Waals surface area contributed by atoms with Crippen LogP contribution in [-0.2, 0) is 6.54 Å². The molecule has 4 nitrogen and oxygen atoms in total. The van der Waals surface area contributed by atoms with Gasteiger partial charge in [-0.15, -0.1) is 11.3 Å². The van der Waals surface area contributed by atoms with Crippen LogP contribution in [0.15, 0.2) is 66.0 Å². The molecule has 0 bridgehead atoms. The number of rotatable bonds is 4. The first kappa shape index (κ1) is 15.6. The molecule has 2 aromatic carbocycles. The number of benzene rings is 2. The van der Waals surface area contributed by atoms with Crippen molar-refractivity contribution >= 4 is 34.2 Å². The van der Waals surface area contributed by atoms with Crippen molar-refractivity contribution in [2.45, 2.75) is 13.5 Å². The van der Waals surface area contributed by atoms with Gasteiger partial charge >= 0.3 is 0 Å². The predicted octanol–water partition coefficient (Wildman–Crippen LogP) is 4.71. The highest BCUT2D eigenvalue weighted by Gasteiger charge is 2.16. The monoisotopic (exact) mass is 347 g/mol. The van der Waals surface area contributed by atoms with Gasteiger partial charge < -0.3 is 4.57 Å². The maximum absolute atomic E-state index is 12.6. The van der Waals surface area contributed by atoms with Crippen LogP contribution < -0.4 is 5.32 Å². The van der Waals surface area contributed by atoms with Crippen molar-refractivity contribution in [3.05, 3.63) is 82.0 Å². The molecular formula is C20H17N3OS. The minimum absolute atomic E-state index is 0.114. The smallest absolute Gasteiger partial charge is 0.268 e. The van der Waals surface area contributed by atoms with Crippen LogP contribution in [0.4, 0.5) is 5.95 Å². The average molecular weight is 347 g/mol. The topological polar surface area (TPSA) is 46.9 Å². The van der Waals surface area contributed by atoms with Gasteiger partial charge in [0.1, 0.15) is 0 Å². The van der Waals surface area contributed by atoms with Crippen molar-refractivity contribution in [3.63, 3.8) is 0 Å². The molecule has 0 aliphatic rings. The molecular weight excluding hydrogens is 330 g/mol. The number of nitrogens with one attached hydrogen (secondary N) is 1. The molecule has 25 heavy (non-hydrogen) atoms. The van der Waals surface area contributed by atoms with Crippen molar-refractivity contribution in [1.29, 1.82) is 0 Å². The number of anilines is 1. The molecule has 1 amide bonds. The maximum Gasteiger partial charge on any atom is 0.268 e. The number of nitrogens with zero attached hydrogens (tertiary/aromatic N) is 2. The van der Waals surface area contributed by atoms with Crippen LogP contribution >= 0.6 is 11.3 Å². The van der Waals surface area contributed by atoms with E-state index in [2.05, 4.69) is 22.4 Å². The van der Waals surface area contributed by atoms with E-state index in [0.717, 1.165) is 27.0 Å². The van der Waals surface area contributed by atoms with Crippen molar-refractivity contribution in [3.8, 4) is 0 Å². The fraction of sp³-hybridized carbons (Fsp3) is 0.100. The molecule has 2 aromatic heterocycles. The quantitative estimate of drug-likeness (QED) is 0.581. The third-order valence-corrected chi connectivity index (χ3v) is 5.15. The lowest BCUT2D eigenvalue weighted by Gasteiger charge is -2.10. The van der Waals surface area contributed by atoms with Gasteiger partial charge in [-0.1, -0.05) is 42.5 Å². The Morgan fingerprint density at radius 1 is 1.08 bits per heavy atom. The van der Waals surface area contributed by atoms with Crippen molar-refractivity contribution in [1.82, 2.24) is 9.55 Å². The molecule has 5 heteroatoms. The number of fused-ring (bicyclic) bond motifs is 1. The molecule has 4 rings (SSSR count). The van der Waals surface area contributed by atoms with Crippen LogP contribution in [0.25, 0.3) is 11.0 Å². The lowest BCUT2D eigenvalue weighted by atomic mass is 10.2. The standard InChI is InChI=1S/C20H17N3OS/c1-14-11-12-25-18(14)19(24)22-20-21-16-9-5-6-10-17(16)23(20)13-15-7-3-2-4-8-15/h2-12H,13H2,1H3,(H,21,22,24). The van der Waals surface area contributed by atoms with Crippen molar-refractivity contribution in [2.24, 2.45) is 0 Å². The summed E-state index contributed by atoms with van der Waals surface area (Å²) in [5, 5.41) is 4.91. The molecule has 0 saturated heterocycles. The summed E-state index contributed by atoms with van der Waals surface area (Å²) in [6.07, 6.45) is 0. The fourth-order valence-corrected chi connectivity index (χ4v) is 3.68. The lowest BCUT2D eigenvalue weighted by molar-refractivity contribution is 0.102. The second-order valence-electron chi connectivity index (χ2n) is 5.88. The summed E-state index contributed by atoms with van der Waals surface area (Å²) in [7, 11) is 0. The number of hydrogen-bond acceptors (Lipinski definition) is 3. The number of aromatic nitrogens is 2. The minimum atomic E-state index is -0.114. The molecule has 0 saturated carbocycles. The molecule has 0 atom stereocenters. The lowest BCUT2D eigenvalue weighted by Crippen LogP contribution is -2.16. The van der Waals surface area contributed by atoms with Gasteiger partial charge in [0.25, 0.3) is 5.91 Å². The zero-order valence-electron chi connectivity index (χ0n) is 13.8. The number of carbonyl (C=O) groups is 1. The number of aryl methyl sites for hydroxylation is 1. The van der Waals surface area contributed by atoms with Gasteiger partial charge in [0, 0.05) is 0 Å². The van der Waals surface area contributed by atoms with Crippen LogP contribution in [0.2, 0.25) is 0 Å². The number of amides is 1. The average Bonchev–Trinajstić information content (AvgIpc) is 3.20. The van der Waals surface area contributed by atoms with Crippen LogP contribution in [0.5, 0.6) is 0 Å². The predicted molar refractivity (Wildman–Crippen MR) is 102 cm³/mol. The normalized spacial score (nSPS) is 10.9. The highest BCUT2D eigenvalue weighted by molar-refractivity contribution is 7.12. The summed E-state index contributed by atoms with van der Waals surface area (Å²) in [5.74, 6) is 0.458. The molecule has 4 aromatic rings. The summed E-state index contributed by atoms with van der Waals surface area (Å²) in [5.41, 5.74) is 4.02. The van der Waals surface area contributed by atoms with E-state index in [9.17, 15) is 4.79 Å². The third-order valence-electron chi connectivity index (χ3n) is 4.13. The Labute approximate surface area is 149 Å². The number of carbonyl (C=O) groups excluding carboxylic acids is 1.